The summed E-state index contributed by atoms with van der Waals surface area (Å²) in [5.41, 5.74) is 0. The second-order valence-electron chi connectivity index (χ2n) is 9.37. The monoisotopic (exact) mass is 524 g/mol. The fraction of sp³-hybridized carbons (Fsp3) is 1.00. The Kier molecular flexibility index (Phi) is 24.3. The molecule has 0 radical (unpaired) electrons. The molecule has 212 valence electrons. The van der Waals surface area contributed by atoms with Gasteiger partial charge < -0.3 is 14.2 Å². The van der Waals surface area contributed by atoms with Crippen molar-refractivity contribution in [3.63, 3.8) is 0 Å². The van der Waals surface area contributed by atoms with Crippen molar-refractivity contribution in [3.8, 4) is 0 Å². The molecule has 0 aliphatic carbocycles. The molecule has 0 rings (SSSR count). The average molecular weight is 525 g/mol. The van der Waals surface area contributed by atoms with E-state index in [-0.39, 0.29) is 0 Å². The van der Waals surface area contributed by atoms with Crippen LogP contribution in [0.15, 0.2) is 0 Å². The number of unbranched alkanes of at least 4 members (excludes halogenated alkanes) is 12. The SMILES string of the molecule is CCCCCCCC(OC)OP(=O)(OC(CCCCCCC)OC)OC(CCCCCCC)OC. The first-order valence-electron chi connectivity index (χ1n) is 14.2. The number of hydrogen-bond acceptors (Lipinski definition) is 7. The summed E-state index contributed by atoms with van der Waals surface area (Å²) in [6.45, 7) is 6.58. The van der Waals surface area contributed by atoms with E-state index in [1.807, 2.05) is 0 Å². The van der Waals surface area contributed by atoms with E-state index in [1.54, 1.807) is 21.3 Å². The average Bonchev–Trinajstić information content (AvgIpc) is 2.86. The van der Waals surface area contributed by atoms with Gasteiger partial charge in [-0.25, -0.2) is 4.57 Å². The molecule has 0 N–H and O–H groups in total. The molecule has 0 spiro atoms. The predicted molar refractivity (Wildman–Crippen MR) is 143 cm³/mol. The summed E-state index contributed by atoms with van der Waals surface area (Å²) in [6.07, 6.45) is 16.6. The third kappa shape index (κ3) is 19.7. The summed E-state index contributed by atoms with van der Waals surface area (Å²) in [7, 11) is 0.683. The van der Waals surface area contributed by atoms with Crippen LogP contribution in [0.2, 0.25) is 0 Å². The van der Waals surface area contributed by atoms with E-state index in [4.69, 9.17) is 27.8 Å². The van der Waals surface area contributed by atoms with Crippen molar-refractivity contribution >= 4 is 7.82 Å². The molecule has 0 fully saturated rings. The summed E-state index contributed by atoms with van der Waals surface area (Å²) in [4.78, 5) is 0. The molecule has 0 aliphatic rings. The Hall–Kier alpha value is -0.0100. The summed E-state index contributed by atoms with van der Waals surface area (Å²) >= 11 is 0. The van der Waals surface area contributed by atoms with E-state index in [0.717, 1.165) is 38.5 Å². The largest absolute Gasteiger partial charge is 0.481 e. The Morgan fingerprint density at radius 1 is 0.457 bits per heavy atom. The van der Waals surface area contributed by atoms with E-state index in [9.17, 15) is 4.57 Å². The molecule has 0 bridgehead atoms. The van der Waals surface area contributed by atoms with Gasteiger partial charge in [-0.1, -0.05) is 97.8 Å². The zero-order chi connectivity index (χ0) is 26.2. The van der Waals surface area contributed by atoms with Crippen molar-refractivity contribution in [3.05, 3.63) is 0 Å². The van der Waals surface area contributed by atoms with Crippen molar-refractivity contribution in [2.45, 2.75) is 155 Å². The first-order valence-corrected chi connectivity index (χ1v) is 15.7. The van der Waals surface area contributed by atoms with Crippen molar-refractivity contribution in [1.82, 2.24) is 0 Å². The van der Waals surface area contributed by atoms with Crippen molar-refractivity contribution in [2.75, 3.05) is 21.3 Å². The van der Waals surface area contributed by atoms with Crippen LogP contribution in [-0.4, -0.2) is 40.2 Å². The number of phosphoric acid groups is 1. The summed E-state index contributed by atoms with van der Waals surface area (Å²) in [6, 6.07) is 0. The molecular formula is C27H57O7P. The third-order valence-electron chi connectivity index (χ3n) is 6.16. The molecule has 0 heterocycles. The van der Waals surface area contributed by atoms with E-state index in [1.165, 1.54) is 57.8 Å². The number of methoxy groups -OCH3 is 3. The molecule has 0 saturated carbocycles. The maximum Gasteiger partial charge on any atom is 0.481 e. The van der Waals surface area contributed by atoms with Gasteiger partial charge in [0.05, 0.1) is 0 Å². The van der Waals surface area contributed by atoms with E-state index < -0.39 is 26.7 Å². The van der Waals surface area contributed by atoms with Gasteiger partial charge in [0, 0.05) is 21.3 Å². The molecule has 7 nitrogen and oxygen atoms in total. The van der Waals surface area contributed by atoms with Crippen LogP contribution in [0.5, 0.6) is 0 Å². The molecule has 0 aromatic rings. The molecule has 3 unspecified atom stereocenters. The minimum Gasteiger partial charge on any atom is -0.355 e. The molecule has 35 heavy (non-hydrogen) atoms. The summed E-state index contributed by atoms with van der Waals surface area (Å²) in [5.74, 6) is 0. The smallest absolute Gasteiger partial charge is 0.355 e. The first kappa shape index (κ1) is 35.0. The minimum absolute atomic E-state index is 0.625. The van der Waals surface area contributed by atoms with E-state index in [0.29, 0.717) is 19.3 Å². The highest BCUT2D eigenvalue weighted by atomic mass is 31.2. The van der Waals surface area contributed by atoms with Crippen molar-refractivity contribution < 1.29 is 32.3 Å². The molecule has 0 aromatic heterocycles. The maximum absolute atomic E-state index is 13.8. The number of rotatable bonds is 27. The maximum atomic E-state index is 13.8. The lowest BCUT2D eigenvalue weighted by Gasteiger charge is -2.28. The van der Waals surface area contributed by atoms with E-state index in [2.05, 4.69) is 20.8 Å². The van der Waals surface area contributed by atoms with Crippen molar-refractivity contribution in [1.29, 1.82) is 0 Å². The van der Waals surface area contributed by atoms with Gasteiger partial charge in [0.25, 0.3) is 0 Å². The minimum atomic E-state index is -4.00. The van der Waals surface area contributed by atoms with Crippen LogP contribution in [-0.2, 0) is 32.3 Å². The molecular weight excluding hydrogens is 467 g/mol. The van der Waals surface area contributed by atoms with Crippen LogP contribution in [0, 0.1) is 0 Å². The second-order valence-corrected chi connectivity index (χ2v) is 10.9. The standard InChI is InChI=1S/C27H57O7P/c1-7-10-13-16-19-22-25(29-4)32-35(28,33-26(30-5)23-20-17-14-11-8-2)34-27(31-6)24-21-18-15-12-9-3/h25-27H,7-24H2,1-6H3. The Morgan fingerprint density at radius 3 is 0.943 bits per heavy atom. The lowest BCUT2D eigenvalue weighted by Crippen LogP contribution is -2.24. The van der Waals surface area contributed by atoms with Gasteiger partial charge in [0.15, 0.2) is 18.9 Å². The molecule has 8 heteroatoms. The highest BCUT2D eigenvalue weighted by Crippen LogP contribution is 2.54. The summed E-state index contributed by atoms with van der Waals surface area (Å²) < 4.78 is 47.9. The second kappa shape index (κ2) is 24.3. The fourth-order valence-corrected chi connectivity index (χ4v) is 5.48. The third-order valence-corrected chi connectivity index (χ3v) is 7.64. The zero-order valence-electron chi connectivity index (χ0n) is 23.8. The number of phosphoric ester groups is 1. The lowest BCUT2D eigenvalue weighted by atomic mass is 10.1. The quantitative estimate of drug-likeness (QED) is 0.0602. The molecule has 0 amide bonds. The lowest BCUT2D eigenvalue weighted by molar-refractivity contribution is -0.146. The predicted octanol–water partition coefficient (Wildman–Crippen LogP) is 9.14. The van der Waals surface area contributed by atoms with E-state index >= 15 is 0 Å². The first-order chi connectivity index (χ1) is 17.0. The number of hydrogen-bond donors (Lipinski definition) is 0. The van der Waals surface area contributed by atoms with Gasteiger partial charge in [-0.05, 0) is 38.5 Å². The van der Waals surface area contributed by atoms with Gasteiger partial charge in [-0.3, -0.25) is 13.6 Å². The van der Waals surface area contributed by atoms with Crippen LogP contribution >= 0.6 is 7.82 Å². The Balaban J connectivity index is 5.11. The van der Waals surface area contributed by atoms with Gasteiger partial charge in [-0.15, -0.1) is 0 Å². The number of ether oxygens (including phenoxy) is 3. The van der Waals surface area contributed by atoms with Gasteiger partial charge in [0.1, 0.15) is 0 Å². The molecule has 0 aliphatic heterocycles. The molecule has 0 saturated heterocycles. The van der Waals surface area contributed by atoms with Crippen LogP contribution in [0.4, 0.5) is 0 Å². The zero-order valence-corrected chi connectivity index (χ0v) is 24.7. The van der Waals surface area contributed by atoms with Crippen LogP contribution in [0.25, 0.3) is 0 Å². The Bertz CT molecular complexity index is 426. The van der Waals surface area contributed by atoms with Crippen LogP contribution in [0.1, 0.15) is 136 Å². The highest BCUT2D eigenvalue weighted by molar-refractivity contribution is 7.48. The molecule has 0 aromatic carbocycles. The van der Waals surface area contributed by atoms with Crippen molar-refractivity contribution in [2.24, 2.45) is 0 Å². The Morgan fingerprint density at radius 2 is 0.714 bits per heavy atom. The highest BCUT2D eigenvalue weighted by Gasteiger charge is 2.37. The van der Waals surface area contributed by atoms with Gasteiger partial charge in [0.2, 0.25) is 0 Å². The topological polar surface area (TPSA) is 72.5 Å². The Labute approximate surface area is 216 Å². The fourth-order valence-electron chi connectivity index (χ4n) is 3.89. The molecule has 3 atom stereocenters. The van der Waals surface area contributed by atoms with Gasteiger partial charge in [-0.2, -0.15) is 0 Å². The van der Waals surface area contributed by atoms with Crippen LogP contribution < -0.4 is 0 Å². The van der Waals surface area contributed by atoms with Crippen LogP contribution in [0.3, 0.4) is 0 Å². The normalized spacial score (nSPS) is 16.2. The summed E-state index contributed by atoms with van der Waals surface area (Å²) in [5, 5.41) is 0. The van der Waals surface area contributed by atoms with Gasteiger partial charge >= 0.3 is 7.82 Å².